The van der Waals surface area contributed by atoms with Crippen molar-refractivity contribution >= 4 is 40.6 Å². The van der Waals surface area contributed by atoms with Gasteiger partial charge in [-0.2, -0.15) is 4.99 Å². The minimum absolute atomic E-state index is 0.140. The van der Waals surface area contributed by atoms with E-state index in [0.717, 1.165) is 5.56 Å². The van der Waals surface area contributed by atoms with Crippen LogP contribution in [0.25, 0.3) is 0 Å². The molecule has 1 heterocycles. The van der Waals surface area contributed by atoms with Crippen molar-refractivity contribution in [3.05, 3.63) is 88.1 Å². The highest BCUT2D eigenvalue weighted by molar-refractivity contribution is 6.42. The molecule has 5 nitrogen and oxygen atoms in total. The number of nitrogens with zero attached hydrogens (tertiary/aromatic N) is 1. The molecule has 0 saturated carbocycles. The van der Waals surface area contributed by atoms with Crippen molar-refractivity contribution in [1.82, 2.24) is 5.32 Å². The van der Waals surface area contributed by atoms with E-state index < -0.39 is 11.9 Å². The lowest BCUT2D eigenvalue weighted by atomic mass is 10.1. The zero-order valence-electron chi connectivity index (χ0n) is 14.3. The lowest BCUT2D eigenvalue weighted by Crippen LogP contribution is -2.30. The second-order valence-electron chi connectivity index (χ2n) is 5.84. The molecule has 0 radical (unpaired) electrons. The van der Waals surface area contributed by atoms with Gasteiger partial charge in [-0.25, -0.2) is 0 Å². The number of hydrogen-bond acceptors (Lipinski definition) is 3. The maximum atomic E-state index is 12.9. The molecule has 0 aliphatic carbocycles. The summed E-state index contributed by atoms with van der Waals surface area (Å²) in [5.74, 6) is -0.275. The summed E-state index contributed by atoms with van der Waals surface area (Å²) in [7, 11) is 0. The Morgan fingerprint density at radius 2 is 1.93 bits per heavy atom. The van der Waals surface area contributed by atoms with Crippen LogP contribution in [0, 0.1) is 0 Å². The standard InChI is InChI=1S/C20H18Cl2N4O/c21-15-10-9-14(12-16(15)22)25-18(13-6-2-1-3-7-13)20(27)26-19(23)17-8-4-5-11-24-17/h1-10,12,18,24-25H,11H2,(H2,23,26,27). The highest BCUT2D eigenvalue weighted by Crippen LogP contribution is 2.28. The van der Waals surface area contributed by atoms with Gasteiger partial charge in [0.1, 0.15) is 6.04 Å². The molecule has 3 rings (SSSR count). The fraction of sp³-hybridized carbons (Fsp3) is 0.100. The number of aliphatic imine (C=N–C) groups is 1. The number of dihydropyridines is 1. The van der Waals surface area contributed by atoms with E-state index in [0.29, 0.717) is 28.0 Å². The number of carbonyl (C=O) groups excluding carboxylic acids is 1. The second kappa shape index (κ2) is 8.75. The van der Waals surface area contributed by atoms with Crippen LogP contribution in [0.3, 0.4) is 0 Å². The number of rotatable bonds is 5. The van der Waals surface area contributed by atoms with Gasteiger partial charge in [0.2, 0.25) is 0 Å². The highest BCUT2D eigenvalue weighted by Gasteiger charge is 2.21. The van der Waals surface area contributed by atoms with Gasteiger partial charge in [0.05, 0.1) is 15.7 Å². The third-order valence-electron chi connectivity index (χ3n) is 3.93. The Morgan fingerprint density at radius 3 is 2.59 bits per heavy atom. The lowest BCUT2D eigenvalue weighted by molar-refractivity contribution is -0.118. The number of halogens is 2. The molecule has 0 saturated heterocycles. The number of hydrogen-bond donors (Lipinski definition) is 3. The quantitative estimate of drug-likeness (QED) is 0.521. The van der Waals surface area contributed by atoms with Gasteiger partial charge >= 0.3 is 0 Å². The van der Waals surface area contributed by atoms with E-state index in [9.17, 15) is 4.79 Å². The smallest absolute Gasteiger partial charge is 0.274 e. The van der Waals surface area contributed by atoms with E-state index >= 15 is 0 Å². The molecule has 0 spiro atoms. The molecule has 4 N–H and O–H groups in total. The van der Waals surface area contributed by atoms with E-state index in [2.05, 4.69) is 15.6 Å². The predicted molar refractivity (Wildman–Crippen MR) is 111 cm³/mol. The fourth-order valence-corrected chi connectivity index (χ4v) is 2.86. The average molecular weight is 401 g/mol. The maximum absolute atomic E-state index is 12.9. The third kappa shape index (κ3) is 4.90. The summed E-state index contributed by atoms with van der Waals surface area (Å²) in [6.07, 6.45) is 5.58. The van der Waals surface area contributed by atoms with Gasteiger partial charge in [0, 0.05) is 12.2 Å². The van der Waals surface area contributed by atoms with Crippen molar-refractivity contribution in [3.63, 3.8) is 0 Å². The number of carbonyl (C=O) groups is 1. The van der Waals surface area contributed by atoms with Crippen LogP contribution in [0.2, 0.25) is 10.0 Å². The molecule has 1 unspecified atom stereocenters. The van der Waals surface area contributed by atoms with Gasteiger partial charge in [0.25, 0.3) is 5.91 Å². The summed E-state index contributed by atoms with van der Waals surface area (Å²) in [4.78, 5) is 17.0. The number of nitrogens with two attached hydrogens (primary N) is 1. The average Bonchev–Trinajstić information content (AvgIpc) is 2.70. The summed E-state index contributed by atoms with van der Waals surface area (Å²) in [5.41, 5.74) is 8.03. The lowest BCUT2D eigenvalue weighted by Gasteiger charge is -2.18. The molecular formula is C20H18Cl2N4O. The molecule has 7 heteroatoms. The van der Waals surface area contributed by atoms with Crippen molar-refractivity contribution in [2.75, 3.05) is 11.9 Å². The van der Waals surface area contributed by atoms with Crippen molar-refractivity contribution in [2.24, 2.45) is 10.7 Å². The van der Waals surface area contributed by atoms with Crippen molar-refractivity contribution in [3.8, 4) is 0 Å². The van der Waals surface area contributed by atoms with Crippen LogP contribution in [0.5, 0.6) is 0 Å². The molecule has 1 amide bonds. The predicted octanol–water partition coefficient (Wildman–Crippen LogP) is 4.07. The molecule has 138 valence electrons. The number of allylic oxidation sites excluding steroid dienone is 2. The summed E-state index contributed by atoms with van der Waals surface area (Å²) in [6, 6.07) is 13.6. The number of amides is 1. The van der Waals surface area contributed by atoms with Crippen molar-refractivity contribution < 1.29 is 4.79 Å². The minimum atomic E-state index is -0.721. The fourth-order valence-electron chi connectivity index (χ4n) is 2.57. The topological polar surface area (TPSA) is 79.5 Å². The summed E-state index contributed by atoms with van der Waals surface area (Å²) in [6.45, 7) is 0.639. The summed E-state index contributed by atoms with van der Waals surface area (Å²) in [5, 5.41) is 7.08. The molecule has 0 aromatic heterocycles. The van der Waals surface area contributed by atoms with Gasteiger partial charge < -0.3 is 16.4 Å². The maximum Gasteiger partial charge on any atom is 0.274 e. The van der Waals surface area contributed by atoms with Crippen LogP contribution in [-0.2, 0) is 4.79 Å². The van der Waals surface area contributed by atoms with E-state index in [1.165, 1.54) is 0 Å². The molecule has 1 aliphatic rings. The van der Waals surface area contributed by atoms with Crippen molar-refractivity contribution in [1.29, 1.82) is 0 Å². The SMILES string of the molecule is NC(=NC(=O)C(Nc1ccc(Cl)c(Cl)c1)c1ccccc1)C1=CC=CCN1. The molecule has 0 fully saturated rings. The largest absolute Gasteiger partial charge is 0.382 e. The van der Waals surface area contributed by atoms with Gasteiger partial charge in [-0.05, 0) is 29.8 Å². The van der Waals surface area contributed by atoms with Crippen LogP contribution in [0.4, 0.5) is 5.69 Å². The van der Waals surface area contributed by atoms with Crippen LogP contribution in [-0.4, -0.2) is 18.3 Å². The van der Waals surface area contributed by atoms with Gasteiger partial charge in [0.15, 0.2) is 5.84 Å². The second-order valence-corrected chi connectivity index (χ2v) is 6.66. The zero-order chi connectivity index (χ0) is 19.2. The molecule has 2 aromatic carbocycles. The van der Waals surface area contributed by atoms with Gasteiger partial charge in [-0.1, -0.05) is 65.7 Å². The van der Waals surface area contributed by atoms with Crippen LogP contribution >= 0.6 is 23.2 Å². The first-order valence-corrected chi connectivity index (χ1v) is 9.06. The number of anilines is 1. The van der Waals surface area contributed by atoms with Gasteiger partial charge in [-0.15, -0.1) is 0 Å². The summed E-state index contributed by atoms with van der Waals surface area (Å²) < 4.78 is 0. The normalized spacial score (nSPS) is 14.9. The molecule has 0 bridgehead atoms. The molecular weight excluding hydrogens is 383 g/mol. The first-order chi connectivity index (χ1) is 13.0. The molecule has 1 atom stereocenters. The number of amidine groups is 1. The van der Waals surface area contributed by atoms with Crippen LogP contribution in [0.15, 0.2) is 77.4 Å². The first-order valence-electron chi connectivity index (χ1n) is 8.30. The van der Waals surface area contributed by atoms with Crippen LogP contribution < -0.4 is 16.4 Å². The third-order valence-corrected chi connectivity index (χ3v) is 4.67. The Hall–Kier alpha value is -2.76. The first kappa shape index (κ1) is 19.0. The Kier molecular flexibility index (Phi) is 6.16. The molecule has 1 aliphatic heterocycles. The van der Waals surface area contributed by atoms with Crippen LogP contribution in [0.1, 0.15) is 11.6 Å². The number of nitrogens with one attached hydrogen (secondary N) is 2. The van der Waals surface area contributed by atoms with Gasteiger partial charge in [-0.3, -0.25) is 4.79 Å². The Labute approximate surface area is 167 Å². The minimum Gasteiger partial charge on any atom is -0.382 e. The van der Waals surface area contributed by atoms with Crippen molar-refractivity contribution in [2.45, 2.75) is 6.04 Å². The van der Waals surface area contributed by atoms with E-state index in [4.69, 9.17) is 28.9 Å². The summed E-state index contributed by atoms with van der Waals surface area (Å²) >= 11 is 12.1. The highest BCUT2D eigenvalue weighted by atomic mass is 35.5. The Morgan fingerprint density at radius 1 is 1.15 bits per heavy atom. The monoisotopic (exact) mass is 400 g/mol. The zero-order valence-corrected chi connectivity index (χ0v) is 15.8. The molecule has 2 aromatic rings. The Balaban J connectivity index is 1.89. The molecule has 27 heavy (non-hydrogen) atoms. The van der Waals surface area contributed by atoms with E-state index in [-0.39, 0.29) is 5.84 Å². The number of benzene rings is 2. The van der Waals surface area contributed by atoms with E-state index in [1.807, 2.05) is 42.5 Å². The van der Waals surface area contributed by atoms with E-state index in [1.54, 1.807) is 24.3 Å². The Bertz CT molecular complexity index is 923.